The Morgan fingerprint density at radius 3 is 1.50 bits per heavy atom. The summed E-state index contributed by atoms with van der Waals surface area (Å²) in [4.78, 5) is -0.208. The van der Waals surface area contributed by atoms with Gasteiger partial charge in [-0.05, 0) is 0 Å². The molecule has 0 spiro atoms. The van der Waals surface area contributed by atoms with Crippen molar-refractivity contribution in [3.63, 3.8) is 0 Å². The van der Waals surface area contributed by atoms with Crippen molar-refractivity contribution in [1.29, 1.82) is 0 Å². The first-order chi connectivity index (χ1) is 4.63. The molecule has 0 radical (unpaired) electrons. The van der Waals surface area contributed by atoms with Crippen molar-refractivity contribution in [2.24, 2.45) is 0 Å². The SMILES string of the molecule is O[C@@H]1C=C[C@H](O)[C@@H](Br)[C@@H]1Br. The normalized spacial score (nSPS) is 47.6. The molecule has 0 aromatic heterocycles. The van der Waals surface area contributed by atoms with E-state index in [4.69, 9.17) is 0 Å². The molecule has 1 aliphatic carbocycles. The van der Waals surface area contributed by atoms with Crippen molar-refractivity contribution in [1.82, 2.24) is 0 Å². The Bertz CT molecular complexity index is 133. The van der Waals surface area contributed by atoms with Crippen molar-refractivity contribution in [3.05, 3.63) is 12.2 Å². The van der Waals surface area contributed by atoms with Crippen LogP contribution < -0.4 is 0 Å². The Labute approximate surface area is 76.2 Å². The van der Waals surface area contributed by atoms with Gasteiger partial charge in [0.25, 0.3) is 0 Å². The topological polar surface area (TPSA) is 40.5 Å². The van der Waals surface area contributed by atoms with Gasteiger partial charge < -0.3 is 10.2 Å². The highest BCUT2D eigenvalue weighted by Gasteiger charge is 2.30. The molecule has 0 saturated heterocycles. The Kier molecular flexibility index (Phi) is 2.91. The number of rotatable bonds is 0. The standard InChI is InChI=1S/C6H8Br2O2/c7-5-3(9)1-2-4(10)6(5)8/h1-6,9-10H/t3-,4+,5-,6-/m1/s1. The van der Waals surface area contributed by atoms with Crippen molar-refractivity contribution >= 4 is 31.9 Å². The Hall–Kier alpha value is 0.620. The highest BCUT2D eigenvalue weighted by molar-refractivity contribution is 9.12. The molecule has 0 bridgehead atoms. The monoisotopic (exact) mass is 270 g/mol. The van der Waals surface area contributed by atoms with Crippen LogP contribution in [0.3, 0.4) is 0 Å². The van der Waals surface area contributed by atoms with E-state index in [0.29, 0.717) is 0 Å². The number of alkyl halides is 2. The van der Waals surface area contributed by atoms with Gasteiger partial charge in [0.15, 0.2) is 0 Å². The molecule has 2 N–H and O–H groups in total. The van der Waals surface area contributed by atoms with E-state index < -0.39 is 12.2 Å². The minimum absolute atomic E-state index is 0.104. The van der Waals surface area contributed by atoms with E-state index in [1.807, 2.05) is 0 Å². The summed E-state index contributed by atoms with van der Waals surface area (Å²) in [5.41, 5.74) is 0. The highest BCUT2D eigenvalue weighted by atomic mass is 79.9. The van der Waals surface area contributed by atoms with Crippen molar-refractivity contribution in [2.45, 2.75) is 21.9 Å². The second-order valence-electron chi connectivity index (χ2n) is 2.25. The van der Waals surface area contributed by atoms with E-state index in [2.05, 4.69) is 31.9 Å². The van der Waals surface area contributed by atoms with Crippen LogP contribution >= 0.6 is 31.9 Å². The predicted molar refractivity (Wildman–Crippen MR) is 46.6 cm³/mol. The second kappa shape index (κ2) is 3.34. The van der Waals surface area contributed by atoms with Crippen LogP contribution in [0.15, 0.2) is 12.2 Å². The molecule has 4 heteroatoms. The van der Waals surface area contributed by atoms with Gasteiger partial charge in [-0.15, -0.1) is 0 Å². The molecule has 0 aliphatic heterocycles. The molecule has 0 aromatic rings. The summed E-state index contributed by atoms with van der Waals surface area (Å²) in [5, 5.41) is 18.4. The highest BCUT2D eigenvalue weighted by Crippen LogP contribution is 2.26. The lowest BCUT2D eigenvalue weighted by molar-refractivity contribution is 0.161. The van der Waals surface area contributed by atoms with Crippen LogP contribution in [0.4, 0.5) is 0 Å². The molecule has 4 atom stereocenters. The second-order valence-corrected chi connectivity index (χ2v) is 4.37. The van der Waals surface area contributed by atoms with Crippen LogP contribution in [0.25, 0.3) is 0 Å². The fourth-order valence-corrected chi connectivity index (χ4v) is 1.79. The number of halogens is 2. The summed E-state index contributed by atoms with van der Waals surface area (Å²) < 4.78 is 0. The van der Waals surface area contributed by atoms with Gasteiger partial charge in [0.05, 0.1) is 21.9 Å². The molecule has 0 unspecified atom stereocenters. The van der Waals surface area contributed by atoms with Crippen LogP contribution in [0, 0.1) is 0 Å². The van der Waals surface area contributed by atoms with Gasteiger partial charge in [-0.3, -0.25) is 0 Å². The van der Waals surface area contributed by atoms with Crippen LogP contribution in [0.2, 0.25) is 0 Å². The minimum atomic E-state index is -0.507. The fourth-order valence-electron chi connectivity index (χ4n) is 0.817. The third kappa shape index (κ3) is 1.61. The van der Waals surface area contributed by atoms with Gasteiger partial charge in [-0.25, -0.2) is 0 Å². The third-order valence-electron chi connectivity index (χ3n) is 1.46. The average molecular weight is 272 g/mol. The quantitative estimate of drug-likeness (QED) is 0.506. The molecule has 58 valence electrons. The summed E-state index contributed by atoms with van der Waals surface area (Å²) in [5.74, 6) is 0. The molecule has 0 amide bonds. The summed E-state index contributed by atoms with van der Waals surface area (Å²) in [6.45, 7) is 0. The van der Waals surface area contributed by atoms with E-state index in [1.165, 1.54) is 0 Å². The molecule has 0 fully saturated rings. The maximum atomic E-state index is 9.19. The molecule has 2 nitrogen and oxygen atoms in total. The van der Waals surface area contributed by atoms with Gasteiger partial charge in [0.2, 0.25) is 0 Å². The zero-order chi connectivity index (χ0) is 7.72. The molecule has 1 rings (SSSR count). The maximum Gasteiger partial charge on any atom is 0.0858 e. The smallest absolute Gasteiger partial charge is 0.0858 e. The lowest BCUT2D eigenvalue weighted by Gasteiger charge is -2.26. The lowest BCUT2D eigenvalue weighted by Crippen LogP contribution is -2.38. The Morgan fingerprint density at radius 2 is 1.20 bits per heavy atom. The van der Waals surface area contributed by atoms with Gasteiger partial charge in [0.1, 0.15) is 0 Å². The molecule has 10 heavy (non-hydrogen) atoms. The Morgan fingerprint density at radius 1 is 0.900 bits per heavy atom. The molecular weight excluding hydrogens is 264 g/mol. The first-order valence-electron chi connectivity index (χ1n) is 2.95. The van der Waals surface area contributed by atoms with E-state index in [0.717, 1.165) is 0 Å². The van der Waals surface area contributed by atoms with E-state index in [1.54, 1.807) is 12.2 Å². The summed E-state index contributed by atoms with van der Waals surface area (Å²) in [6, 6.07) is 0. The lowest BCUT2D eigenvalue weighted by atomic mass is 10.0. The molecule has 0 aromatic carbocycles. The predicted octanol–water partition coefficient (Wildman–Crippen LogP) is 0.805. The number of hydrogen-bond donors (Lipinski definition) is 2. The van der Waals surface area contributed by atoms with Crippen LogP contribution in [-0.4, -0.2) is 32.1 Å². The molecule has 1 aliphatic rings. The van der Waals surface area contributed by atoms with Gasteiger partial charge in [-0.1, -0.05) is 44.0 Å². The summed E-state index contributed by atoms with van der Waals surface area (Å²) >= 11 is 6.50. The van der Waals surface area contributed by atoms with Gasteiger partial charge >= 0.3 is 0 Å². The average Bonchev–Trinajstić information content (AvgIpc) is 1.93. The number of aliphatic hydroxyl groups is 2. The fraction of sp³-hybridized carbons (Fsp3) is 0.667. The zero-order valence-electron chi connectivity index (χ0n) is 5.11. The van der Waals surface area contributed by atoms with Gasteiger partial charge in [-0.2, -0.15) is 0 Å². The third-order valence-corrected chi connectivity index (χ3v) is 4.39. The largest absolute Gasteiger partial charge is 0.388 e. The van der Waals surface area contributed by atoms with Crippen molar-refractivity contribution < 1.29 is 10.2 Å². The summed E-state index contributed by atoms with van der Waals surface area (Å²) in [7, 11) is 0. The van der Waals surface area contributed by atoms with Crippen LogP contribution in [0.5, 0.6) is 0 Å². The maximum absolute atomic E-state index is 9.19. The van der Waals surface area contributed by atoms with E-state index in [-0.39, 0.29) is 9.65 Å². The van der Waals surface area contributed by atoms with Crippen molar-refractivity contribution in [2.75, 3.05) is 0 Å². The van der Waals surface area contributed by atoms with Crippen LogP contribution in [-0.2, 0) is 0 Å². The summed E-state index contributed by atoms with van der Waals surface area (Å²) in [6.07, 6.45) is 2.16. The molecular formula is C6H8Br2O2. The first kappa shape index (κ1) is 8.71. The number of aliphatic hydroxyl groups excluding tert-OH is 2. The van der Waals surface area contributed by atoms with Crippen molar-refractivity contribution in [3.8, 4) is 0 Å². The zero-order valence-corrected chi connectivity index (χ0v) is 8.29. The Balaban J connectivity index is 2.69. The minimum Gasteiger partial charge on any atom is -0.388 e. The number of hydrogen-bond acceptors (Lipinski definition) is 2. The van der Waals surface area contributed by atoms with Crippen LogP contribution in [0.1, 0.15) is 0 Å². The molecule has 0 saturated carbocycles. The van der Waals surface area contributed by atoms with Gasteiger partial charge in [0, 0.05) is 0 Å². The molecule has 0 heterocycles. The first-order valence-corrected chi connectivity index (χ1v) is 4.78. The van der Waals surface area contributed by atoms with E-state index in [9.17, 15) is 10.2 Å². The van der Waals surface area contributed by atoms with E-state index >= 15 is 0 Å².